The first-order chi connectivity index (χ1) is 24.4. The molecule has 2 aromatic carbocycles. The number of nitrogens with zero attached hydrogens (tertiary/aromatic N) is 6. The summed E-state index contributed by atoms with van der Waals surface area (Å²) in [6, 6.07) is 13.5. The number of likely N-dealkylation sites (tertiary alicyclic amines) is 1. The number of rotatable bonds is 10. The number of aliphatic imine (C=N–C) groups is 2. The molecule has 3 heterocycles. The first kappa shape index (κ1) is 38.4. The summed E-state index contributed by atoms with van der Waals surface area (Å²) in [5.41, 5.74) is 14.3. The van der Waals surface area contributed by atoms with E-state index in [-0.39, 0.29) is 34.4 Å². The highest BCUT2D eigenvalue weighted by molar-refractivity contribution is 6.15. The first-order valence-electron chi connectivity index (χ1n) is 16.7. The van der Waals surface area contributed by atoms with Crippen molar-refractivity contribution in [2.24, 2.45) is 21.6 Å². The van der Waals surface area contributed by atoms with Gasteiger partial charge in [0.2, 0.25) is 12.3 Å². The van der Waals surface area contributed by atoms with Gasteiger partial charge in [-0.15, -0.1) is 0 Å². The number of carbonyl (C=O) groups is 2. The molecule has 0 bridgehead atoms. The zero-order valence-electron chi connectivity index (χ0n) is 29.0. The van der Waals surface area contributed by atoms with Crippen molar-refractivity contribution >= 4 is 47.2 Å². The van der Waals surface area contributed by atoms with Crippen LogP contribution in [0.2, 0.25) is 0 Å². The van der Waals surface area contributed by atoms with Crippen LogP contribution in [0.1, 0.15) is 54.5 Å². The predicted molar refractivity (Wildman–Crippen MR) is 196 cm³/mol. The molecular weight excluding hydrogens is 659 g/mol. The summed E-state index contributed by atoms with van der Waals surface area (Å²) in [6.45, 7) is 8.18. The molecular formula is C37H44F3N9O2. The van der Waals surface area contributed by atoms with E-state index in [2.05, 4.69) is 32.9 Å². The quantitative estimate of drug-likeness (QED) is 0.116. The molecule has 270 valence electrons. The monoisotopic (exact) mass is 703 g/mol. The minimum atomic E-state index is -4.63. The van der Waals surface area contributed by atoms with E-state index in [9.17, 15) is 22.8 Å². The van der Waals surface area contributed by atoms with Crippen LogP contribution >= 0.6 is 0 Å². The summed E-state index contributed by atoms with van der Waals surface area (Å²) in [4.78, 5) is 40.9. The largest absolute Gasteiger partial charge is 0.417 e. The Balaban J connectivity index is 0.000000251. The van der Waals surface area contributed by atoms with E-state index in [0.717, 1.165) is 68.5 Å². The van der Waals surface area contributed by atoms with Crippen molar-refractivity contribution < 1.29 is 22.8 Å². The topological polar surface area (TPSA) is 157 Å². The molecule has 5 rings (SSSR count). The maximum atomic E-state index is 13.4. The molecule has 11 nitrogen and oxygen atoms in total. The van der Waals surface area contributed by atoms with Gasteiger partial charge in [-0.1, -0.05) is 37.3 Å². The van der Waals surface area contributed by atoms with Gasteiger partial charge in [0.25, 0.3) is 0 Å². The van der Waals surface area contributed by atoms with Gasteiger partial charge < -0.3 is 26.2 Å². The number of nitrogens with one attached hydrogen (secondary N) is 1. The van der Waals surface area contributed by atoms with Crippen LogP contribution in [-0.2, 0) is 15.8 Å². The van der Waals surface area contributed by atoms with E-state index < -0.39 is 11.7 Å². The van der Waals surface area contributed by atoms with Gasteiger partial charge in [0.05, 0.1) is 17.2 Å². The average Bonchev–Trinajstić information content (AvgIpc) is 3.64. The van der Waals surface area contributed by atoms with Gasteiger partial charge in [0.1, 0.15) is 12.2 Å². The van der Waals surface area contributed by atoms with Crippen molar-refractivity contribution in [1.82, 2.24) is 14.8 Å². The van der Waals surface area contributed by atoms with Gasteiger partial charge in [-0.2, -0.15) is 13.2 Å². The van der Waals surface area contributed by atoms with Crippen LogP contribution in [0, 0.1) is 11.3 Å². The predicted octanol–water partition coefficient (Wildman–Crippen LogP) is 5.09. The van der Waals surface area contributed by atoms with Gasteiger partial charge >= 0.3 is 6.18 Å². The summed E-state index contributed by atoms with van der Waals surface area (Å²) in [5, 5.41) is 8.42. The standard InChI is InChI=1S/C22H26F3N5O.C15H18N4O/c1-3-29-10-8-14(13-29)21(31)30(4-2)15-5-6-19(26)16(11-15)20(27)17-12-28-9-7-18(17)22(23,24)25;1-17-10-18-15(16)14-4-2-12(3-5-14)13-6-8-19(11-20)9-7-13/h5-7,9,11-12,14,27H,3-4,8,10,13,26H2,1-2H3;2-6,10-11H,7-9H2,1H3,(H2,16,17,18). The number of benzene rings is 2. The highest BCUT2D eigenvalue weighted by atomic mass is 19.4. The van der Waals surface area contributed by atoms with Gasteiger partial charge in [-0.05, 0) is 68.3 Å². The molecule has 2 aliphatic heterocycles. The Hall–Kier alpha value is -5.37. The van der Waals surface area contributed by atoms with E-state index in [1.54, 1.807) is 22.9 Å². The zero-order chi connectivity index (χ0) is 37.1. The Labute approximate surface area is 296 Å². The molecule has 0 spiro atoms. The second-order valence-corrected chi connectivity index (χ2v) is 12.1. The van der Waals surface area contributed by atoms with Crippen LogP contribution in [0.5, 0.6) is 0 Å². The number of anilines is 2. The van der Waals surface area contributed by atoms with E-state index in [4.69, 9.17) is 16.9 Å². The number of amidine groups is 1. The summed E-state index contributed by atoms with van der Waals surface area (Å²) in [6.07, 6.45) is 3.49. The van der Waals surface area contributed by atoms with Crippen molar-refractivity contribution in [2.75, 3.05) is 56.9 Å². The minimum absolute atomic E-state index is 0.0296. The number of alkyl halides is 3. The third-order valence-electron chi connectivity index (χ3n) is 8.92. The number of hydrogen-bond acceptors (Lipinski definition) is 7. The molecule has 1 fully saturated rings. The van der Waals surface area contributed by atoms with Crippen LogP contribution in [0.3, 0.4) is 0 Å². The lowest BCUT2D eigenvalue weighted by Gasteiger charge is -2.25. The van der Waals surface area contributed by atoms with Crippen LogP contribution < -0.4 is 16.4 Å². The molecule has 0 saturated carbocycles. The molecule has 51 heavy (non-hydrogen) atoms. The number of pyridine rings is 1. The average molecular weight is 704 g/mol. The summed E-state index contributed by atoms with van der Waals surface area (Å²) >= 11 is 0. The highest BCUT2D eigenvalue weighted by Gasteiger charge is 2.35. The van der Waals surface area contributed by atoms with E-state index in [1.165, 1.54) is 24.0 Å². The third kappa shape index (κ3) is 9.66. The molecule has 1 atom stereocenters. The van der Waals surface area contributed by atoms with Crippen LogP contribution in [0.25, 0.3) is 5.57 Å². The van der Waals surface area contributed by atoms with Crippen molar-refractivity contribution in [3.8, 4) is 0 Å². The van der Waals surface area contributed by atoms with Crippen LogP contribution in [0.4, 0.5) is 24.5 Å². The normalized spacial score (nSPS) is 16.7. The summed E-state index contributed by atoms with van der Waals surface area (Å²) < 4.78 is 40.2. The fourth-order valence-electron chi connectivity index (χ4n) is 6.01. The highest BCUT2D eigenvalue weighted by Crippen LogP contribution is 2.34. The van der Waals surface area contributed by atoms with Crippen molar-refractivity contribution in [3.63, 3.8) is 0 Å². The van der Waals surface area contributed by atoms with Gasteiger partial charge in [0.15, 0.2) is 0 Å². The number of nitrogens with two attached hydrogens (primary N) is 2. The Morgan fingerprint density at radius 2 is 1.86 bits per heavy atom. The SMILES string of the molecule is CCN1CCC(C(=O)N(CC)c2ccc(N)c(C(=N)c3cnccc3C(F)(F)F)c2)C1.CN=CN=C(N)c1ccc(C2=CCN(C=O)CC2)cc1. The molecule has 14 heteroatoms. The second kappa shape index (κ2) is 17.5. The number of halogens is 3. The number of nitrogen functional groups attached to an aromatic ring is 1. The molecule has 1 saturated heterocycles. The fourth-order valence-corrected chi connectivity index (χ4v) is 6.01. The smallest absolute Gasteiger partial charge is 0.398 e. The molecule has 1 unspecified atom stereocenters. The lowest BCUT2D eigenvalue weighted by molar-refractivity contribution is -0.137. The van der Waals surface area contributed by atoms with E-state index in [0.29, 0.717) is 31.2 Å². The van der Waals surface area contributed by atoms with Gasteiger partial charge in [0, 0.05) is 73.7 Å². The Kier molecular flexibility index (Phi) is 13.2. The van der Waals surface area contributed by atoms with Crippen LogP contribution in [0.15, 0.2) is 77.0 Å². The lowest BCUT2D eigenvalue weighted by atomic mass is 9.97. The summed E-state index contributed by atoms with van der Waals surface area (Å²) in [7, 11) is 1.65. The zero-order valence-corrected chi connectivity index (χ0v) is 29.0. The maximum absolute atomic E-state index is 13.4. The summed E-state index contributed by atoms with van der Waals surface area (Å²) in [5.74, 6) is 0.292. The lowest BCUT2D eigenvalue weighted by Crippen LogP contribution is -2.37. The Bertz CT molecular complexity index is 1790. The van der Waals surface area contributed by atoms with Crippen molar-refractivity contribution in [1.29, 1.82) is 5.41 Å². The third-order valence-corrected chi connectivity index (χ3v) is 8.92. The van der Waals surface area contributed by atoms with E-state index >= 15 is 0 Å². The Morgan fingerprint density at radius 3 is 2.45 bits per heavy atom. The fraction of sp³-hybridized carbons (Fsp3) is 0.351. The first-order valence-corrected chi connectivity index (χ1v) is 16.7. The molecule has 2 aliphatic rings. The van der Waals surface area contributed by atoms with Crippen molar-refractivity contribution in [3.05, 3.63) is 94.8 Å². The van der Waals surface area contributed by atoms with Gasteiger partial charge in [-0.3, -0.25) is 25.0 Å². The minimum Gasteiger partial charge on any atom is -0.398 e. The molecule has 0 aliphatic carbocycles. The van der Waals surface area contributed by atoms with Crippen LogP contribution in [-0.4, -0.2) is 91.3 Å². The van der Waals surface area contributed by atoms with Crippen molar-refractivity contribution in [2.45, 2.75) is 32.9 Å². The molecule has 2 amide bonds. The van der Waals surface area contributed by atoms with Gasteiger partial charge in [-0.25, -0.2) is 4.99 Å². The molecule has 5 N–H and O–H groups in total. The Morgan fingerprint density at radius 1 is 1.12 bits per heavy atom. The molecule has 1 aromatic heterocycles. The number of carbonyl (C=O) groups excluding carboxylic acids is 2. The number of hydrogen-bond donors (Lipinski definition) is 3. The van der Waals surface area contributed by atoms with E-state index in [1.807, 2.05) is 31.2 Å². The number of aromatic nitrogens is 1. The molecule has 0 radical (unpaired) electrons. The maximum Gasteiger partial charge on any atom is 0.417 e. The molecule has 3 aromatic rings. The second-order valence-electron chi connectivity index (χ2n) is 12.1. The number of amides is 2.